The van der Waals surface area contributed by atoms with E-state index in [9.17, 15) is 19.6 Å². The highest BCUT2D eigenvalue weighted by Gasteiger charge is 2.39. The molecule has 3 aromatic rings. The number of likely N-dealkylation sites (tertiary alicyclic amines) is 1. The van der Waals surface area contributed by atoms with Gasteiger partial charge in [-0.2, -0.15) is 0 Å². The van der Waals surface area contributed by atoms with Crippen LogP contribution < -0.4 is 25.2 Å². The van der Waals surface area contributed by atoms with Crippen molar-refractivity contribution in [3.05, 3.63) is 58.8 Å². The van der Waals surface area contributed by atoms with Crippen LogP contribution in [0.15, 0.2) is 47.1 Å². The Morgan fingerprint density at radius 3 is 2.69 bits per heavy atom. The van der Waals surface area contributed by atoms with E-state index >= 15 is 0 Å². The van der Waals surface area contributed by atoms with Crippen molar-refractivity contribution >= 4 is 34.8 Å². The molecule has 1 fully saturated rings. The maximum absolute atomic E-state index is 12.9. The normalized spacial score (nSPS) is 17.4. The molecule has 2 heterocycles. The van der Waals surface area contributed by atoms with Crippen molar-refractivity contribution in [3.63, 3.8) is 0 Å². The first kappa shape index (κ1) is 24.5. The summed E-state index contributed by atoms with van der Waals surface area (Å²) in [6.07, 6.45) is 2.91. The average molecular weight is 497 g/mol. The van der Waals surface area contributed by atoms with Crippen molar-refractivity contribution in [2.24, 2.45) is 0 Å². The number of methoxy groups -OCH3 is 2. The van der Waals surface area contributed by atoms with Crippen LogP contribution >= 0.6 is 0 Å². The number of carbonyl (C=O) groups is 3. The Bertz CT molecular complexity index is 1340. The second-order valence-corrected chi connectivity index (χ2v) is 7.97. The third-order valence-electron chi connectivity index (χ3n) is 5.81. The number of nitrogens with zero attached hydrogens (tertiary/aromatic N) is 3. The molecule has 0 saturated carbocycles. The molecule has 1 aliphatic rings. The molecule has 188 valence electrons. The Kier molecular flexibility index (Phi) is 7.01. The maximum Gasteiger partial charge on any atom is 0.266 e. The Labute approximate surface area is 204 Å². The minimum atomic E-state index is -1.01. The minimum Gasteiger partial charge on any atom is -0.493 e. The molecule has 0 radical (unpaired) electrons. The van der Waals surface area contributed by atoms with Gasteiger partial charge in [0.2, 0.25) is 16.9 Å². The summed E-state index contributed by atoms with van der Waals surface area (Å²) >= 11 is 0. The van der Waals surface area contributed by atoms with E-state index in [1.165, 1.54) is 43.4 Å². The van der Waals surface area contributed by atoms with Crippen LogP contribution in [-0.4, -0.2) is 65.8 Å². The summed E-state index contributed by atoms with van der Waals surface area (Å²) in [5.74, 6) is -0.764. The fraction of sp³-hybridized carbons (Fsp3) is 0.261. The van der Waals surface area contributed by atoms with Gasteiger partial charge in [-0.25, -0.2) is 5.48 Å². The van der Waals surface area contributed by atoms with Gasteiger partial charge in [0.25, 0.3) is 11.8 Å². The molecule has 0 bridgehead atoms. The van der Waals surface area contributed by atoms with Crippen LogP contribution in [0.1, 0.15) is 22.3 Å². The number of hydrogen-bond donors (Lipinski definition) is 3. The molecule has 2 aromatic carbocycles. The molecule has 1 aliphatic heterocycles. The predicted molar refractivity (Wildman–Crippen MR) is 123 cm³/mol. The second kappa shape index (κ2) is 10.3. The van der Waals surface area contributed by atoms with E-state index in [1.54, 1.807) is 29.8 Å². The van der Waals surface area contributed by atoms with Crippen molar-refractivity contribution in [3.8, 4) is 11.5 Å². The highest BCUT2D eigenvalue weighted by Crippen LogP contribution is 2.28. The second-order valence-electron chi connectivity index (χ2n) is 7.97. The summed E-state index contributed by atoms with van der Waals surface area (Å²) in [7, 11) is 3.01. The smallest absolute Gasteiger partial charge is 0.266 e. The van der Waals surface area contributed by atoms with E-state index < -0.39 is 29.8 Å². The summed E-state index contributed by atoms with van der Waals surface area (Å²) < 4.78 is 15.0. The van der Waals surface area contributed by atoms with Crippen LogP contribution in [-0.2, 0) is 9.59 Å². The first-order valence-corrected chi connectivity index (χ1v) is 10.8. The van der Waals surface area contributed by atoms with Crippen LogP contribution in [0, 0.1) is 5.21 Å². The van der Waals surface area contributed by atoms with Gasteiger partial charge < -0.3 is 24.9 Å². The number of ether oxygens (including phenoxy) is 2. The van der Waals surface area contributed by atoms with Gasteiger partial charge in [0.15, 0.2) is 11.5 Å². The summed E-state index contributed by atoms with van der Waals surface area (Å²) in [6, 6.07) is 7.78. The van der Waals surface area contributed by atoms with E-state index in [2.05, 4.69) is 15.1 Å². The molecule has 0 spiro atoms. The molecule has 1 aromatic heterocycles. The maximum atomic E-state index is 12.9. The average Bonchev–Trinajstić information content (AvgIpc) is 3.49. The zero-order valence-electron chi connectivity index (χ0n) is 19.3. The van der Waals surface area contributed by atoms with Crippen molar-refractivity contribution in [1.29, 1.82) is 0 Å². The molecule has 2 atom stereocenters. The van der Waals surface area contributed by atoms with Gasteiger partial charge in [-0.15, -0.1) is 0 Å². The molecule has 4 rings (SSSR count). The number of aromatic nitrogens is 2. The molecule has 0 aliphatic carbocycles. The van der Waals surface area contributed by atoms with E-state index in [-0.39, 0.29) is 28.9 Å². The van der Waals surface area contributed by atoms with Crippen LogP contribution in [0.25, 0.3) is 17.1 Å². The van der Waals surface area contributed by atoms with Crippen LogP contribution in [0.5, 0.6) is 11.5 Å². The fourth-order valence-corrected chi connectivity index (χ4v) is 4.01. The first-order valence-electron chi connectivity index (χ1n) is 10.8. The van der Waals surface area contributed by atoms with Crippen molar-refractivity contribution in [1.82, 2.24) is 20.9 Å². The zero-order valence-corrected chi connectivity index (χ0v) is 19.3. The Balaban J connectivity index is 1.48. The number of rotatable bonds is 7. The van der Waals surface area contributed by atoms with Gasteiger partial charge in [-0.3, -0.25) is 24.2 Å². The van der Waals surface area contributed by atoms with Crippen LogP contribution in [0.4, 0.5) is 0 Å². The van der Waals surface area contributed by atoms with E-state index in [1.807, 2.05) is 0 Å². The van der Waals surface area contributed by atoms with Gasteiger partial charge in [0.1, 0.15) is 6.04 Å². The highest BCUT2D eigenvalue weighted by atomic mass is 16.8. The Morgan fingerprint density at radius 2 is 1.97 bits per heavy atom. The lowest BCUT2D eigenvalue weighted by molar-refractivity contribution is -0.782. The third kappa shape index (κ3) is 4.90. The number of fused-ring (bicyclic) bond motifs is 1. The van der Waals surface area contributed by atoms with Gasteiger partial charge in [0.05, 0.1) is 14.2 Å². The van der Waals surface area contributed by atoms with Gasteiger partial charge in [-0.1, -0.05) is 6.07 Å². The summed E-state index contributed by atoms with van der Waals surface area (Å²) in [5, 5.41) is 27.1. The van der Waals surface area contributed by atoms with Crippen LogP contribution in [0.3, 0.4) is 0 Å². The minimum absolute atomic E-state index is 0.0238. The predicted octanol–water partition coefficient (Wildman–Crippen LogP) is 0.397. The lowest BCUT2D eigenvalue weighted by Gasteiger charge is -2.21. The number of hydroxylamine groups is 1. The van der Waals surface area contributed by atoms with Crippen LogP contribution in [0.2, 0.25) is 0 Å². The summed E-state index contributed by atoms with van der Waals surface area (Å²) in [6.45, 7) is 0.0238. The van der Waals surface area contributed by atoms with Gasteiger partial charge >= 0.3 is 0 Å². The fourth-order valence-electron chi connectivity index (χ4n) is 4.01. The Morgan fingerprint density at radius 1 is 1.19 bits per heavy atom. The molecule has 1 saturated heterocycles. The highest BCUT2D eigenvalue weighted by molar-refractivity contribution is 5.98. The number of hydrogen-bond acceptors (Lipinski definition) is 9. The number of amides is 3. The molecule has 3 N–H and O–H groups in total. The monoisotopic (exact) mass is 497 g/mol. The lowest BCUT2D eigenvalue weighted by atomic mass is 10.1. The molecule has 13 heteroatoms. The third-order valence-corrected chi connectivity index (χ3v) is 5.81. The SMILES string of the molecule is COc1ccc(/C=C/C(=O)N2C[C@@H](NC(=O)c3ccc4no[n+]([O-])c4c3)C[C@H]2C(=O)NO)cc1OC. The number of nitrogens with one attached hydrogen (secondary N) is 2. The first-order chi connectivity index (χ1) is 17.3. The molecule has 0 unspecified atom stereocenters. The molecule has 36 heavy (non-hydrogen) atoms. The molecular weight excluding hydrogens is 474 g/mol. The molecular formula is C23H23N5O8. The van der Waals surface area contributed by atoms with Gasteiger partial charge in [0, 0.05) is 35.4 Å². The Hall–Kier alpha value is -4.65. The molecule has 13 nitrogen and oxygen atoms in total. The number of benzene rings is 2. The van der Waals surface area contributed by atoms with Crippen molar-refractivity contribution < 1.29 is 38.6 Å². The number of carbonyl (C=O) groups excluding carboxylic acids is 3. The lowest BCUT2D eigenvalue weighted by Crippen LogP contribution is -2.44. The van der Waals surface area contributed by atoms with Crippen molar-refractivity contribution in [2.75, 3.05) is 20.8 Å². The summed E-state index contributed by atoms with van der Waals surface area (Å²) in [5.41, 5.74) is 2.78. The van der Waals surface area contributed by atoms with E-state index in [0.29, 0.717) is 22.6 Å². The largest absolute Gasteiger partial charge is 0.493 e. The topological polar surface area (TPSA) is 170 Å². The van der Waals surface area contributed by atoms with Gasteiger partial charge in [-0.05, 0) is 47.2 Å². The standard InChI is InChI=1S/C23H23N5O8/c1-34-19-7-3-13(9-20(19)35-2)4-8-21(29)27-12-15(11-18(27)23(31)25-32)24-22(30)14-5-6-16-17(10-14)28(33)36-26-16/h3-10,15,18,32H,11-12H2,1-2H3,(H,24,30)(H,25,31)/b8-4+/t15-,18-/m0/s1. The summed E-state index contributed by atoms with van der Waals surface area (Å²) in [4.78, 5) is 39.4. The quantitative estimate of drug-likeness (QED) is 0.181. The van der Waals surface area contributed by atoms with E-state index in [0.717, 1.165) is 0 Å². The van der Waals surface area contributed by atoms with E-state index in [4.69, 9.17) is 14.7 Å². The molecule has 3 amide bonds. The zero-order chi connectivity index (χ0) is 25.8. The van der Waals surface area contributed by atoms with Crippen molar-refractivity contribution in [2.45, 2.75) is 18.5 Å².